The Hall–Kier alpha value is -3.07. The first-order valence-electron chi connectivity index (χ1n) is 10.3. The molecule has 3 aromatic rings. The van der Waals surface area contributed by atoms with Crippen LogP contribution < -0.4 is 15.4 Å². The summed E-state index contributed by atoms with van der Waals surface area (Å²) in [6.07, 6.45) is 0.416. The lowest BCUT2D eigenvalue weighted by Crippen LogP contribution is -2.35. The molecule has 0 atom stereocenters. The largest absolute Gasteiger partial charge is 0.354 e. The fourth-order valence-electron chi connectivity index (χ4n) is 2.68. The molecule has 5 nitrogen and oxygen atoms in total. The number of nitrogens with one attached hydrogen (secondary N) is 3. The van der Waals surface area contributed by atoms with Crippen LogP contribution in [-0.4, -0.2) is 38.9 Å². The van der Waals surface area contributed by atoms with E-state index in [2.05, 4.69) is 34.4 Å². The van der Waals surface area contributed by atoms with Gasteiger partial charge in [0.15, 0.2) is 6.29 Å². The Morgan fingerprint density at radius 3 is 2.36 bits per heavy atom. The minimum Gasteiger partial charge on any atom is -0.354 e. The second kappa shape index (κ2) is 14.2. The second-order valence-electron chi connectivity index (χ2n) is 7.02. The highest BCUT2D eigenvalue weighted by Gasteiger charge is 2.07. The predicted molar refractivity (Wildman–Crippen MR) is 129 cm³/mol. The molecule has 0 aliphatic rings. The minimum atomic E-state index is -0.602. The fourth-order valence-corrected chi connectivity index (χ4v) is 3.32. The van der Waals surface area contributed by atoms with Crippen molar-refractivity contribution in [2.24, 2.45) is 0 Å². The number of aldehydes is 1. The van der Waals surface area contributed by atoms with Crippen LogP contribution in [0.5, 0.6) is 0 Å². The van der Waals surface area contributed by atoms with Crippen LogP contribution in [0.1, 0.15) is 15.9 Å². The average Bonchev–Trinajstić information content (AvgIpc) is 2.82. The van der Waals surface area contributed by atoms with Crippen LogP contribution in [0.15, 0.2) is 71.6 Å². The van der Waals surface area contributed by atoms with E-state index in [0.29, 0.717) is 30.5 Å². The molecule has 33 heavy (non-hydrogen) atoms. The lowest BCUT2D eigenvalue weighted by molar-refractivity contribution is -0.119. The summed E-state index contributed by atoms with van der Waals surface area (Å²) in [5.74, 6) is -0.985. The van der Waals surface area contributed by atoms with Gasteiger partial charge < -0.3 is 10.6 Å². The molecule has 0 spiro atoms. The molecule has 0 aliphatic heterocycles. The van der Waals surface area contributed by atoms with E-state index in [1.54, 1.807) is 18.2 Å². The number of carbonyl (C=O) groups excluding carboxylic acids is 2. The summed E-state index contributed by atoms with van der Waals surface area (Å²) in [6, 6.07) is 18.3. The molecule has 3 rings (SSSR count). The third kappa shape index (κ3) is 9.13. The first-order valence-corrected chi connectivity index (χ1v) is 11.1. The molecule has 3 N–H and O–H groups in total. The molecule has 174 valence electrons. The van der Waals surface area contributed by atoms with Crippen LogP contribution >= 0.6 is 11.9 Å². The summed E-state index contributed by atoms with van der Waals surface area (Å²) in [7, 11) is 1.86. The third-order valence-electron chi connectivity index (χ3n) is 4.45. The molecule has 0 unspecified atom stereocenters. The molecule has 0 saturated carbocycles. The highest BCUT2D eigenvalue weighted by Crippen LogP contribution is 2.24. The number of hydrogen-bond donors (Lipinski definition) is 3. The Labute approximate surface area is 197 Å². The normalized spacial score (nSPS) is 10.2. The Morgan fingerprint density at radius 1 is 0.970 bits per heavy atom. The molecule has 0 radical (unpaired) electrons. The Morgan fingerprint density at radius 2 is 1.70 bits per heavy atom. The summed E-state index contributed by atoms with van der Waals surface area (Å²) < 4.78 is 29.5. The van der Waals surface area contributed by atoms with Gasteiger partial charge in [-0.05, 0) is 61.8 Å². The summed E-state index contributed by atoms with van der Waals surface area (Å²) >= 11 is 1.47. The monoisotopic (exact) mass is 471 g/mol. The van der Waals surface area contributed by atoms with E-state index in [9.17, 15) is 18.4 Å². The maximum atomic E-state index is 13.4. The lowest BCUT2D eigenvalue weighted by atomic mass is 10.0. The van der Waals surface area contributed by atoms with Crippen molar-refractivity contribution in [1.29, 1.82) is 0 Å². The summed E-state index contributed by atoms with van der Waals surface area (Å²) in [6.45, 7) is 3.82. The molecule has 0 bridgehead atoms. The van der Waals surface area contributed by atoms with Crippen molar-refractivity contribution in [1.82, 2.24) is 15.4 Å². The lowest BCUT2D eigenvalue weighted by Gasteiger charge is -2.06. The molecule has 3 aromatic carbocycles. The van der Waals surface area contributed by atoms with Gasteiger partial charge >= 0.3 is 0 Å². The van der Waals surface area contributed by atoms with Gasteiger partial charge in [0.2, 0.25) is 5.91 Å². The van der Waals surface area contributed by atoms with Crippen LogP contribution in [0.4, 0.5) is 8.78 Å². The minimum absolute atomic E-state index is 0.0138. The van der Waals surface area contributed by atoms with Gasteiger partial charge in [-0.2, -0.15) is 0 Å². The van der Waals surface area contributed by atoms with Crippen LogP contribution in [0.3, 0.4) is 0 Å². The van der Waals surface area contributed by atoms with Crippen LogP contribution in [-0.2, 0) is 4.79 Å². The zero-order valence-corrected chi connectivity index (χ0v) is 19.3. The van der Waals surface area contributed by atoms with E-state index in [1.165, 1.54) is 35.7 Å². The van der Waals surface area contributed by atoms with Crippen LogP contribution in [0.2, 0.25) is 0 Å². The number of hydrogen-bond acceptors (Lipinski definition) is 5. The van der Waals surface area contributed by atoms with Crippen molar-refractivity contribution < 1.29 is 18.4 Å². The van der Waals surface area contributed by atoms with E-state index < -0.39 is 11.6 Å². The van der Waals surface area contributed by atoms with Gasteiger partial charge in [-0.3, -0.25) is 14.3 Å². The van der Waals surface area contributed by atoms with Gasteiger partial charge in [0, 0.05) is 23.5 Å². The summed E-state index contributed by atoms with van der Waals surface area (Å²) in [4.78, 5) is 23.0. The molecular weight excluding hydrogens is 444 g/mol. The highest BCUT2D eigenvalue weighted by molar-refractivity contribution is 7.97. The Bertz CT molecular complexity index is 1050. The van der Waals surface area contributed by atoms with E-state index in [-0.39, 0.29) is 11.5 Å². The smallest absolute Gasteiger partial charge is 0.234 e. The average molecular weight is 472 g/mol. The summed E-state index contributed by atoms with van der Waals surface area (Å²) in [5.41, 5.74) is 2.01. The van der Waals surface area contributed by atoms with Crippen molar-refractivity contribution in [3.8, 4) is 11.1 Å². The van der Waals surface area contributed by atoms with E-state index in [0.717, 1.165) is 17.5 Å². The van der Waals surface area contributed by atoms with Crippen molar-refractivity contribution >= 4 is 24.1 Å². The van der Waals surface area contributed by atoms with Crippen molar-refractivity contribution in [2.75, 3.05) is 26.7 Å². The zero-order valence-electron chi connectivity index (χ0n) is 18.5. The molecule has 0 saturated heterocycles. The molecule has 0 aliphatic carbocycles. The summed E-state index contributed by atoms with van der Waals surface area (Å²) in [5, 5.41) is 5.77. The van der Waals surface area contributed by atoms with Gasteiger partial charge in [-0.25, -0.2) is 8.78 Å². The molecule has 0 fully saturated rings. The Balaban J connectivity index is 0.000000234. The number of likely N-dealkylation sites (N-methyl/N-ethyl adjacent to an activating group) is 1. The van der Waals surface area contributed by atoms with Crippen molar-refractivity contribution in [3.05, 3.63) is 89.5 Å². The first kappa shape index (κ1) is 26.2. The van der Waals surface area contributed by atoms with E-state index >= 15 is 0 Å². The van der Waals surface area contributed by atoms with Crippen molar-refractivity contribution in [3.63, 3.8) is 0 Å². The van der Waals surface area contributed by atoms with Crippen molar-refractivity contribution in [2.45, 2.75) is 11.8 Å². The maximum Gasteiger partial charge on any atom is 0.234 e. The predicted octanol–water partition coefficient (Wildman–Crippen LogP) is 4.37. The topological polar surface area (TPSA) is 70.2 Å². The first-order chi connectivity index (χ1) is 15.9. The van der Waals surface area contributed by atoms with Crippen LogP contribution in [0, 0.1) is 18.6 Å². The van der Waals surface area contributed by atoms with Gasteiger partial charge in [0.05, 0.1) is 12.1 Å². The molecular formula is C25H27F2N3O2S. The number of benzene rings is 3. The molecule has 0 aromatic heterocycles. The zero-order chi connectivity index (χ0) is 24.1. The van der Waals surface area contributed by atoms with E-state index in [4.69, 9.17) is 0 Å². The number of rotatable bonds is 9. The highest BCUT2D eigenvalue weighted by atomic mass is 32.2. The van der Waals surface area contributed by atoms with Gasteiger partial charge in [-0.15, -0.1) is 0 Å². The van der Waals surface area contributed by atoms with Gasteiger partial charge in [0.25, 0.3) is 0 Å². The fraction of sp³-hybridized carbons (Fsp3) is 0.200. The Kier molecular flexibility index (Phi) is 11.2. The molecule has 8 heteroatoms. The van der Waals surface area contributed by atoms with Gasteiger partial charge in [0.1, 0.15) is 11.6 Å². The quantitative estimate of drug-likeness (QED) is 0.246. The standard InChI is InChI=1S/C13H8F2O.C12H19N3OS/c14-12-6-5-9(7-10(12)8-16)11-3-1-2-4-13(11)15;1-10-3-5-11(6-4-10)17-15-9-12(16)14-8-7-13-2/h1-8H;3-6,13,15H,7-9H2,1-2H3,(H,14,16). The SMILES string of the molecule is CNCCNC(=O)CNSc1ccc(C)cc1.O=Cc1cc(-c2ccccc2F)ccc1F. The number of halogens is 2. The third-order valence-corrected chi connectivity index (χ3v) is 5.25. The molecule has 1 amide bonds. The molecule has 0 heterocycles. The number of carbonyl (C=O) groups is 2. The maximum absolute atomic E-state index is 13.4. The number of aryl methyl sites for hydroxylation is 1. The second-order valence-corrected chi connectivity index (χ2v) is 7.99. The van der Waals surface area contributed by atoms with Gasteiger partial charge in [-0.1, -0.05) is 42.0 Å². The number of amides is 1. The van der Waals surface area contributed by atoms with E-state index in [1.807, 2.05) is 19.2 Å². The van der Waals surface area contributed by atoms with Crippen LogP contribution in [0.25, 0.3) is 11.1 Å².